The second-order valence-corrected chi connectivity index (χ2v) is 2.17. The van der Waals surface area contributed by atoms with Crippen LogP contribution in [-0.2, 0) is 0 Å². The lowest BCUT2D eigenvalue weighted by Gasteiger charge is -2.01. The summed E-state index contributed by atoms with van der Waals surface area (Å²) in [5.74, 6) is 0. The summed E-state index contributed by atoms with van der Waals surface area (Å²) < 4.78 is 0. The molecule has 0 aromatic carbocycles. The van der Waals surface area contributed by atoms with Crippen LogP contribution in [0.4, 0.5) is 0 Å². The van der Waals surface area contributed by atoms with Crippen molar-refractivity contribution in [2.24, 2.45) is 5.11 Å². The third-order valence-corrected chi connectivity index (χ3v) is 1.39. The zero-order chi connectivity index (χ0) is 8.10. The highest BCUT2D eigenvalue weighted by atomic mass is 15.1. The standard InChI is InChI=1S/C7H8N4/c1-6(10-11-8)7-3-2-4-9-5-7/h2-6H,1H3. The Bertz CT molecular complexity index is 263. The molecule has 4 heteroatoms. The molecule has 0 amide bonds. The lowest BCUT2D eigenvalue weighted by atomic mass is 10.2. The maximum absolute atomic E-state index is 8.14. The Balaban J connectivity index is 2.84. The molecule has 1 rings (SSSR count). The van der Waals surface area contributed by atoms with Crippen molar-refractivity contribution >= 4 is 0 Å². The number of hydrogen-bond acceptors (Lipinski definition) is 2. The lowest BCUT2D eigenvalue weighted by molar-refractivity contribution is 0.801. The third-order valence-electron chi connectivity index (χ3n) is 1.39. The summed E-state index contributed by atoms with van der Waals surface area (Å²) >= 11 is 0. The van der Waals surface area contributed by atoms with Crippen molar-refractivity contribution in [1.82, 2.24) is 4.98 Å². The van der Waals surface area contributed by atoms with Gasteiger partial charge in [-0.15, -0.1) is 0 Å². The van der Waals surface area contributed by atoms with Gasteiger partial charge in [-0.25, -0.2) is 0 Å². The molecule has 1 unspecified atom stereocenters. The molecule has 0 aliphatic carbocycles. The second-order valence-electron chi connectivity index (χ2n) is 2.17. The van der Waals surface area contributed by atoms with Crippen LogP contribution in [-0.4, -0.2) is 4.98 Å². The van der Waals surface area contributed by atoms with E-state index in [1.165, 1.54) is 0 Å². The van der Waals surface area contributed by atoms with Crippen molar-refractivity contribution < 1.29 is 0 Å². The predicted molar refractivity (Wildman–Crippen MR) is 41.8 cm³/mol. The number of hydrogen-bond donors (Lipinski definition) is 0. The number of nitrogens with zero attached hydrogens (tertiary/aromatic N) is 4. The van der Waals surface area contributed by atoms with Crippen LogP contribution in [0, 0.1) is 0 Å². The van der Waals surface area contributed by atoms with E-state index in [2.05, 4.69) is 15.0 Å². The van der Waals surface area contributed by atoms with E-state index < -0.39 is 0 Å². The van der Waals surface area contributed by atoms with E-state index >= 15 is 0 Å². The molecule has 1 heterocycles. The summed E-state index contributed by atoms with van der Waals surface area (Å²) in [5, 5.41) is 3.54. The van der Waals surface area contributed by atoms with Crippen LogP contribution >= 0.6 is 0 Å². The molecule has 0 saturated heterocycles. The summed E-state index contributed by atoms with van der Waals surface area (Å²) in [4.78, 5) is 6.61. The summed E-state index contributed by atoms with van der Waals surface area (Å²) in [6.45, 7) is 1.83. The van der Waals surface area contributed by atoms with Gasteiger partial charge in [-0.2, -0.15) is 0 Å². The summed E-state index contributed by atoms with van der Waals surface area (Å²) in [7, 11) is 0. The van der Waals surface area contributed by atoms with Gasteiger partial charge in [0.05, 0.1) is 6.04 Å². The van der Waals surface area contributed by atoms with Crippen molar-refractivity contribution in [3.8, 4) is 0 Å². The highest BCUT2D eigenvalue weighted by Crippen LogP contribution is 2.13. The molecule has 4 nitrogen and oxygen atoms in total. The number of rotatable bonds is 2. The molecule has 0 spiro atoms. The van der Waals surface area contributed by atoms with Crippen molar-refractivity contribution in [2.45, 2.75) is 13.0 Å². The average molecular weight is 148 g/mol. The molecule has 0 aliphatic heterocycles. The fourth-order valence-corrected chi connectivity index (χ4v) is 0.767. The molecule has 0 aliphatic rings. The molecular weight excluding hydrogens is 140 g/mol. The maximum atomic E-state index is 8.14. The second kappa shape index (κ2) is 3.58. The Labute approximate surface area is 64.5 Å². The Hall–Kier alpha value is -1.54. The summed E-state index contributed by atoms with van der Waals surface area (Å²) in [5.41, 5.74) is 9.07. The highest BCUT2D eigenvalue weighted by Gasteiger charge is 1.99. The Morgan fingerprint density at radius 3 is 3.09 bits per heavy atom. The zero-order valence-corrected chi connectivity index (χ0v) is 6.18. The van der Waals surface area contributed by atoms with Gasteiger partial charge < -0.3 is 0 Å². The largest absolute Gasteiger partial charge is 0.264 e. The molecule has 11 heavy (non-hydrogen) atoms. The summed E-state index contributed by atoms with van der Waals surface area (Å²) in [6.07, 6.45) is 3.38. The van der Waals surface area contributed by atoms with Gasteiger partial charge in [-0.3, -0.25) is 4.98 Å². The van der Waals surface area contributed by atoms with Crippen LogP contribution in [0.3, 0.4) is 0 Å². The topological polar surface area (TPSA) is 61.7 Å². The predicted octanol–water partition coefficient (Wildman–Crippen LogP) is 2.45. The van der Waals surface area contributed by atoms with Crippen molar-refractivity contribution in [2.75, 3.05) is 0 Å². The molecule has 1 atom stereocenters. The van der Waals surface area contributed by atoms with Gasteiger partial charge in [0, 0.05) is 17.3 Å². The minimum Gasteiger partial charge on any atom is -0.264 e. The van der Waals surface area contributed by atoms with Crippen molar-refractivity contribution in [3.63, 3.8) is 0 Å². The van der Waals surface area contributed by atoms with Crippen molar-refractivity contribution in [3.05, 3.63) is 40.5 Å². The Morgan fingerprint density at radius 2 is 2.55 bits per heavy atom. The van der Waals surface area contributed by atoms with Gasteiger partial charge in [0.1, 0.15) is 0 Å². The normalized spacial score (nSPS) is 11.7. The van der Waals surface area contributed by atoms with Gasteiger partial charge in [0.2, 0.25) is 0 Å². The molecule has 56 valence electrons. The van der Waals surface area contributed by atoms with Gasteiger partial charge >= 0.3 is 0 Å². The highest BCUT2D eigenvalue weighted by molar-refractivity contribution is 5.12. The van der Waals surface area contributed by atoms with Crippen LogP contribution in [0.15, 0.2) is 29.6 Å². The number of pyridine rings is 1. The first-order valence-corrected chi connectivity index (χ1v) is 3.28. The van der Waals surface area contributed by atoms with Gasteiger partial charge in [0.25, 0.3) is 0 Å². The van der Waals surface area contributed by atoms with Crippen LogP contribution in [0.25, 0.3) is 10.4 Å². The van der Waals surface area contributed by atoms with Crippen LogP contribution in [0.2, 0.25) is 0 Å². The Morgan fingerprint density at radius 1 is 1.73 bits per heavy atom. The smallest absolute Gasteiger partial charge is 0.0612 e. The van der Waals surface area contributed by atoms with E-state index in [1.54, 1.807) is 12.4 Å². The number of azide groups is 1. The van der Waals surface area contributed by atoms with Crippen molar-refractivity contribution in [1.29, 1.82) is 0 Å². The van der Waals surface area contributed by atoms with E-state index in [1.807, 2.05) is 19.1 Å². The SMILES string of the molecule is CC(N=[N+]=[N-])c1cccnc1. The molecule has 0 fully saturated rings. The first-order valence-electron chi connectivity index (χ1n) is 3.28. The van der Waals surface area contributed by atoms with Crippen LogP contribution in [0.5, 0.6) is 0 Å². The van der Waals surface area contributed by atoms with E-state index in [0.717, 1.165) is 5.56 Å². The zero-order valence-electron chi connectivity index (χ0n) is 6.18. The molecule has 1 aromatic heterocycles. The molecule has 0 radical (unpaired) electrons. The monoisotopic (exact) mass is 148 g/mol. The van der Waals surface area contributed by atoms with Crippen LogP contribution < -0.4 is 0 Å². The third kappa shape index (κ3) is 1.95. The van der Waals surface area contributed by atoms with Crippen LogP contribution in [0.1, 0.15) is 18.5 Å². The number of aromatic nitrogens is 1. The first-order chi connectivity index (χ1) is 5.34. The van der Waals surface area contributed by atoms with E-state index in [-0.39, 0.29) is 6.04 Å². The molecule has 0 saturated carbocycles. The molecule has 1 aromatic rings. The maximum Gasteiger partial charge on any atom is 0.0612 e. The minimum absolute atomic E-state index is 0.131. The Kier molecular flexibility index (Phi) is 2.47. The average Bonchev–Trinajstić information content (AvgIpc) is 2.07. The van der Waals surface area contributed by atoms with Gasteiger partial charge in [-0.1, -0.05) is 18.1 Å². The van der Waals surface area contributed by atoms with E-state index in [0.29, 0.717) is 0 Å². The molecular formula is C7H8N4. The van der Waals surface area contributed by atoms with Gasteiger partial charge in [-0.05, 0) is 17.2 Å². The molecule has 0 N–H and O–H groups in total. The fraction of sp³-hybridized carbons (Fsp3) is 0.286. The minimum atomic E-state index is -0.131. The van der Waals surface area contributed by atoms with E-state index in [9.17, 15) is 0 Å². The lowest BCUT2D eigenvalue weighted by Crippen LogP contribution is -1.87. The fourth-order valence-electron chi connectivity index (χ4n) is 0.767. The first kappa shape index (κ1) is 7.57. The molecule has 0 bridgehead atoms. The summed E-state index contributed by atoms with van der Waals surface area (Å²) in [6, 6.07) is 3.57. The quantitative estimate of drug-likeness (QED) is 0.361. The van der Waals surface area contributed by atoms with Gasteiger partial charge in [0.15, 0.2) is 0 Å². The van der Waals surface area contributed by atoms with E-state index in [4.69, 9.17) is 5.53 Å².